The lowest BCUT2D eigenvalue weighted by molar-refractivity contribution is -0.143. The molecule has 0 aromatic heterocycles. The fraction of sp³-hybridized carbons (Fsp3) is 0.389. The lowest BCUT2D eigenvalue weighted by Gasteiger charge is -2.36. The van der Waals surface area contributed by atoms with Gasteiger partial charge >= 0.3 is 24.4 Å². The predicted molar refractivity (Wildman–Crippen MR) is 171 cm³/mol. The number of methoxy groups -OCH3 is 2. The molecule has 1 saturated heterocycles. The van der Waals surface area contributed by atoms with E-state index in [1.54, 1.807) is 6.07 Å². The zero-order chi connectivity index (χ0) is 36.9. The van der Waals surface area contributed by atoms with Crippen LogP contribution >= 0.6 is 11.6 Å². The Morgan fingerprint density at radius 2 is 1.60 bits per heavy atom. The van der Waals surface area contributed by atoms with Crippen molar-refractivity contribution in [2.24, 2.45) is 5.41 Å². The lowest BCUT2D eigenvalue weighted by atomic mass is 9.72. The van der Waals surface area contributed by atoms with Crippen molar-refractivity contribution in [2.75, 3.05) is 20.8 Å². The van der Waals surface area contributed by atoms with E-state index < -0.39 is 59.1 Å². The Hall–Kier alpha value is -4.26. The van der Waals surface area contributed by atoms with Crippen LogP contribution in [-0.4, -0.2) is 43.8 Å². The third-order valence-corrected chi connectivity index (χ3v) is 9.47. The van der Waals surface area contributed by atoms with Gasteiger partial charge in [0.1, 0.15) is 17.7 Å². The summed E-state index contributed by atoms with van der Waals surface area (Å²) in [5.74, 6) is -1.09. The summed E-state index contributed by atoms with van der Waals surface area (Å²) >= 11 is 6.49. The Kier molecular flexibility index (Phi) is 9.96. The number of ether oxygens (including phenoxy) is 3. The van der Waals surface area contributed by atoms with Gasteiger partial charge in [0.15, 0.2) is 0 Å². The maximum absolute atomic E-state index is 15.6. The number of carbonyl (C=O) groups excluding carboxylic acids is 2. The van der Waals surface area contributed by atoms with E-state index in [0.29, 0.717) is 37.0 Å². The molecular weight excluding hydrogens is 695 g/mol. The Morgan fingerprint density at radius 3 is 2.16 bits per heavy atom. The van der Waals surface area contributed by atoms with Crippen LogP contribution in [0.1, 0.15) is 78.7 Å². The highest BCUT2D eigenvalue weighted by Gasteiger charge is 2.44. The summed E-state index contributed by atoms with van der Waals surface area (Å²) in [6.07, 6.45) is -10.9. The molecular formula is C36H33ClF7NO5. The molecule has 1 amide bonds. The number of hydrogen-bond donors (Lipinski definition) is 0. The van der Waals surface area contributed by atoms with Crippen LogP contribution in [0, 0.1) is 11.2 Å². The third kappa shape index (κ3) is 7.42. The summed E-state index contributed by atoms with van der Waals surface area (Å²) in [6.45, 7) is 5.48. The van der Waals surface area contributed by atoms with E-state index in [9.17, 15) is 35.9 Å². The van der Waals surface area contributed by atoms with E-state index in [0.717, 1.165) is 11.1 Å². The molecule has 5 rings (SSSR count). The second-order valence-corrected chi connectivity index (χ2v) is 13.6. The fourth-order valence-electron chi connectivity index (χ4n) is 6.54. The molecule has 1 unspecified atom stereocenters. The molecule has 0 N–H and O–H groups in total. The van der Waals surface area contributed by atoms with Gasteiger partial charge in [-0.25, -0.2) is 14.0 Å². The van der Waals surface area contributed by atoms with Crippen LogP contribution < -0.4 is 4.74 Å². The maximum Gasteiger partial charge on any atom is 0.416 e. The van der Waals surface area contributed by atoms with Crippen molar-refractivity contribution in [3.63, 3.8) is 0 Å². The summed E-state index contributed by atoms with van der Waals surface area (Å²) in [5.41, 5.74) is -1.18. The van der Waals surface area contributed by atoms with Gasteiger partial charge in [0, 0.05) is 34.3 Å². The zero-order valence-electron chi connectivity index (χ0n) is 27.6. The predicted octanol–water partition coefficient (Wildman–Crippen LogP) is 10.5. The molecule has 50 heavy (non-hydrogen) atoms. The van der Waals surface area contributed by atoms with Crippen LogP contribution in [0.5, 0.6) is 5.75 Å². The van der Waals surface area contributed by atoms with Crippen LogP contribution in [0.15, 0.2) is 54.1 Å². The molecule has 2 atom stereocenters. The smallest absolute Gasteiger partial charge is 0.416 e. The average molecular weight is 728 g/mol. The molecule has 1 aliphatic carbocycles. The highest BCUT2D eigenvalue weighted by atomic mass is 35.5. The topological polar surface area (TPSA) is 65.1 Å². The standard InChI is InChI=1S/C36H33ClF7NO5/c1-18-31(20-10-22(35(39,40)41)13-23(11-20)36(42,43)44)50-33(47)45(18)17-21-16-34(2,3)9-8-24(21)27-14-26(29(38)15-30(27)48-4)25-7-6-19(12-28(25)37)32(46)49-5/h6-7,10-15,18,31H,8-9,16-17H2,1-5H3/t18-,31?/m0/s1. The molecule has 6 nitrogen and oxygen atoms in total. The average Bonchev–Trinajstić information content (AvgIpc) is 3.31. The highest BCUT2D eigenvalue weighted by Crippen LogP contribution is 2.48. The van der Waals surface area contributed by atoms with Crippen molar-refractivity contribution in [1.82, 2.24) is 4.90 Å². The van der Waals surface area contributed by atoms with Crippen molar-refractivity contribution in [3.8, 4) is 16.9 Å². The van der Waals surface area contributed by atoms with Crippen molar-refractivity contribution < 1.29 is 54.5 Å². The van der Waals surface area contributed by atoms with Gasteiger partial charge in [-0.1, -0.05) is 31.5 Å². The molecule has 1 aliphatic heterocycles. The quantitative estimate of drug-likeness (QED) is 0.179. The zero-order valence-corrected chi connectivity index (χ0v) is 28.4. The number of esters is 1. The SMILES string of the molecule is COC(=O)c1ccc(-c2cc(C3=C(CN4C(=O)OC(c5cc(C(F)(F)F)cc(C(F)(F)F)c5)[C@@H]4C)CC(C)(C)CC3)c(OC)cc2F)c(Cl)c1. The van der Waals surface area contributed by atoms with Gasteiger partial charge in [0.05, 0.1) is 37.0 Å². The molecule has 0 saturated carbocycles. The molecule has 0 spiro atoms. The van der Waals surface area contributed by atoms with Gasteiger partial charge in [-0.3, -0.25) is 4.90 Å². The van der Waals surface area contributed by atoms with Crippen LogP contribution in [-0.2, 0) is 21.8 Å². The number of nitrogens with zero attached hydrogens (tertiary/aromatic N) is 1. The first-order valence-electron chi connectivity index (χ1n) is 15.5. The van der Waals surface area contributed by atoms with Crippen LogP contribution in [0.25, 0.3) is 16.7 Å². The van der Waals surface area contributed by atoms with Crippen molar-refractivity contribution in [1.29, 1.82) is 0 Å². The van der Waals surface area contributed by atoms with Crippen LogP contribution in [0.3, 0.4) is 0 Å². The summed E-state index contributed by atoms with van der Waals surface area (Å²) in [7, 11) is 2.59. The number of alkyl halides is 6. The van der Waals surface area contributed by atoms with E-state index in [-0.39, 0.29) is 45.5 Å². The van der Waals surface area contributed by atoms with E-state index in [4.69, 9.17) is 25.8 Å². The number of cyclic esters (lactones) is 1. The first kappa shape index (κ1) is 37.0. The first-order valence-corrected chi connectivity index (χ1v) is 15.9. The lowest BCUT2D eigenvalue weighted by Crippen LogP contribution is -2.35. The highest BCUT2D eigenvalue weighted by molar-refractivity contribution is 6.33. The maximum atomic E-state index is 15.6. The minimum atomic E-state index is -5.07. The molecule has 1 heterocycles. The van der Waals surface area contributed by atoms with Gasteiger partial charge < -0.3 is 14.2 Å². The van der Waals surface area contributed by atoms with Crippen LogP contribution in [0.2, 0.25) is 5.02 Å². The Balaban J connectivity index is 1.57. The molecule has 3 aromatic rings. The summed E-state index contributed by atoms with van der Waals surface area (Å²) < 4.78 is 113. The normalized spacial score (nSPS) is 19.5. The van der Waals surface area contributed by atoms with Crippen molar-refractivity contribution >= 4 is 29.2 Å². The van der Waals surface area contributed by atoms with Gasteiger partial charge in [-0.15, -0.1) is 0 Å². The largest absolute Gasteiger partial charge is 0.496 e. The summed E-state index contributed by atoms with van der Waals surface area (Å²) in [5, 5.41) is 0.0878. The molecule has 0 radical (unpaired) electrons. The number of carbonyl (C=O) groups is 2. The van der Waals surface area contributed by atoms with Crippen molar-refractivity contribution in [2.45, 2.75) is 64.5 Å². The fourth-order valence-corrected chi connectivity index (χ4v) is 6.82. The van der Waals surface area contributed by atoms with Crippen molar-refractivity contribution in [3.05, 3.63) is 92.8 Å². The second kappa shape index (κ2) is 13.5. The Bertz CT molecular complexity index is 1840. The monoisotopic (exact) mass is 727 g/mol. The number of hydrogen-bond acceptors (Lipinski definition) is 5. The Labute approximate surface area is 288 Å². The number of benzene rings is 3. The van der Waals surface area contributed by atoms with Gasteiger partial charge in [0.25, 0.3) is 0 Å². The molecule has 0 bridgehead atoms. The molecule has 2 aliphatic rings. The minimum absolute atomic E-state index is 0.0227. The number of rotatable bonds is 7. The minimum Gasteiger partial charge on any atom is -0.496 e. The van der Waals surface area contributed by atoms with Gasteiger partial charge in [-0.05, 0) is 84.7 Å². The van der Waals surface area contributed by atoms with E-state index in [2.05, 4.69) is 0 Å². The second-order valence-electron chi connectivity index (χ2n) is 13.2. The van der Waals surface area contributed by atoms with Crippen LogP contribution in [0.4, 0.5) is 35.5 Å². The number of allylic oxidation sites excluding steroid dienone is 1. The summed E-state index contributed by atoms with van der Waals surface area (Å²) in [6, 6.07) is 7.26. The molecule has 1 fully saturated rings. The number of halogens is 8. The van der Waals surface area contributed by atoms with E-state index >= 15 is 4.39 Å². The summed E-state index contributed by atoms with van der Waals surface area (Å²) in [4.78, 5) is 26.5. The first-order chi connectivity index (χ1) is 23.2. The van der Waals surface area contributed by atoms with Gasteiger partial charge in [0.2, 0.25) is 0 Å². The third-order valence-electron chi connectivity index (χ3n) is 9.16. The van der Waals surface area contributed by atoms with E-state index in [1.807, 2.05) is 13.8 Å². The Morgan fingerprint density at radius 1 is 0.960 bits per heavy atom. The van der Waals surface area contributed by atoms with Gasteiger partial charge in [-0.2, -0.15) is 26.3 Å². The number of amides is 1. The molecule has 3 aromatic carbocycles. The molecule has 268 valence electrons. The molecule has 14 heteroatoms. The van der Waals surface area contributed by atoms with E-state index in [1.165, 1.54) is 50.3 Å².